The predicted molar refractivity (Wildman–Crippen MR) is 112 cm³/mol. The fourth-order valence-electron chi connectivity index (χ4n) is 5.68. The second-order valence-electron chi connectivity index (χ2n) is 9.18. The first-order valence-corrected chi connectivity index (χ1v) is 11.2. The Morgan fingerprint density at radius 1 is 0.812 bits per heavy atom. The molecular formula is C26H26F6. The minimum Gasteiger partial charge on any atom is -0.206 e. The highest BCUT2D eigenvalue weighted by molar-refractivity contribution is 5.66. The summed E-state index contributed by atoms with van der Waals surface area (Å²) in [5, 5.41) is 0. The largest absolute Gasteiger partial charge is 0.419 e. The van der Waals surface area contributed by atoms with E-state index >= 15 is 0 Å². The van der Waals surface area contributed by atoms with Gasteiger partial charge in [0.25, 0.3) is 0 Å². The second-order valence-corrected chi connectivity index (χ2v) is 9.18. The summed E-state index contributed by atoms with van der Waals surface area (Å²) in [6.45, 7) is 2.04. The fourth-order valence-corrected chi connectivity index (χ4v) is 5.68. The highest BCUT2D eigenvalue weighted by Gasteiger charge is 2.36. The zero-order valence-corrected chi connectivity index (χ0v) is 17.9. The lowest BCUT2D eigenvalue weighted by Crippen LogP contribution is -2.30. The van der Waals surface area contributed by atoms with Crippen LogP contribution in [0.4, 0.5) is 26.3 Å². The molecule has 0 aliphatic heterocycles. The molecule has 2 aliphatic rings. The van der Waals surface area contributed by atoms with Crippen LogP contribution in [0.15, 0.2) is 42.5 Å². The number of allylic oxidation sites excluding steroid dienone is 2. The van der Waals surface area contributed by atoms with E-state index in [4.69, 9.17) is 0 Å². The Morgan fingerprint density at radius 3 is 2.09 bits per heavy atom. The van der Waals surface area contributed by atoms with E-state index in [2.05, 4.69) is 12.2 Å². The number of halogens is 6. The van der Waals surface area contributed by atoms with Crippen molar-refractivity contribution in [2.75, 3.05) is 0 Å². The highest BCUT2D eigenvalue weighted by atomic mass is 19.4. The molecule has 0 nitrogen and oxygen atoms in total. The molecule has 0 N–H and O–H groups in total. The van der Waals surface area contributed by atoms with E-state index in [1.165, 1.54) is 18.6 Å². The Kier molecular flexibility index (Phi) is 6.42. The van der Waals surface area contributed by atoms with E-state index in [1.54, 1.807) is 0 Å². The van der Waals surface area contributed by atoms with Crippen LogP contribution in [-0.4, -0.2) is 0 Å². The van der Waals surface area contributed by atoms with Gasteiger partial charge >= 0.3 is 6.18 Å². The molecule has 0 aromatic heterocycles. The minimum atomic E-state index is -4.87. The van der Waals surface area contributed by atoms with Gasteiger partial charge in [-0.05, 0) is 105 Å². The first-order chi connectivity index (χ1) is 15.2. The molecular weight excluding hydrogens is 426 g/mol. The van der Waals surface area contributed by atoms with Crippen molar-refractivity contribution in [3.05, 3.63) is 71.1 Å². The maximum absolute atomic E-state index is 14.9. The third-order valence-electron chi connectivity index (χ3n) is 7.22. The number of hydrogen-bond donors (Lipinski definition) is 0. The van der Waals surface area contributed by atoms with E-state index in [9.17, 15) is 26.3 Å². The molecule has 2 fully saturated rings. The summed E-state index contributed by atoms with van der Waals surface area (Å²) in [7, 11) is 0. The zero-order chi connectivity index (χ0) is 23.0. The van der Waals surface area contributed by atoms with E-state index in [1.807, 2.05) is 6.92 Å². The van der Waals surface area contributed by atoms with Crippen LogP contribution in [0.1, 0.15) is 62.5 Å². The highest BCUT2D eigenvalue weighted by Crippen LogP contribution is 2.48. The van der Waals surface area contributed by atoms with Gasteiger partial charge < -0.3 is 0 Å². The first kappa shape index (κ1) is 22.9. The van der Waals surface area contributed by atoms with E-state index in [0.717, 1.165) is 38.2 Å². The molecule has 0 radical (unpaired) electrons. The summed E-state index contributed by atoms with van der Waals surface area (Å²) in [5.41, 5.74) is -1.63. The molecule has 32 heavy (non-hydrogen) atoms. The van der Waals surface area contributed by atoms with Crippen LogP contribution in [0.5, 0.6) is 0 Å². The van der Waals surface area contributed by atoms with Crippen LogP contribution >= 0.6 is 0 Å². The molecule has 0 saturated heterocycles. The Bertz CT molecular complexity index is 983. The number of benzene rings is 2. The van der Waals surface area contributed by atoms with Crippen LogP contribution < -0.4 is 0 Å². The average molecular weight is 452 g/mol. The molecule has 0 amide bonds. The van der Waals surface area contributed by atoms with Crippen molar-refractivity contribution in [3.63, 3.8) is 0 Å². The van der Waals surface area contributed by atoms with Crippen molar-refractivity contribution in [2.45, 2.75) is 57.5 Å². The third-order valence-corrected chi connectivity index (χ3v) is 7.22. The first-order valence-electron chi connectivity index (χ1n) is 11.2. The van der Waals surface area contributed by atoms with E-state index < -0.39 is 34.8 Å². The Morgan fingerprint density at radius 2 is 1.47 bits per heavy atom. The van der Waals surface area contributed by atoms with Gasteiger partial charge in [-0.1, -0.05) is 18.2 Å². The zero-order valence-electron chi connectivity index (χ0n) is 17.9. The molecule has 2 saturated carbocycles. The van der Waals surface area contributed by atoms with Gasteiger partial charge in [0.2, 0.25) is 0 Å². The average Bonchev–Trinajstić information content (AvgIpc) is 2.72. The van der Waals surface area contributed by atoms with Crippen molar-refractivity contribution in [2.24, 2.45) is 17.8 Å². The maximum Gasteiger partial charge on any atom is 0.419 e. The van der Waals surface area contributed by atoms with Crippen LogP contribution in [0.3, 0.4) is 0 Å². The van der Waals surface area contributed by atoms with Gasteiger partial charge in [0.05, 0.1) is 11.1 Å². The summed E-state index contributed by atoms with van der Waals surface area (Å²) in [6, 6.07) is 4.50. The molecule has 0 heterocycles. The lowest BCUT2D eigenvalue weighted by atomic mass is 9.64. The van der Waals surface area contributed by atoms with Crippen molar-refractivity contribution in [1.82, 2.24) is 0 Å². The summed E-state index contributed by atoms with van der Waals surface area (Å²) in [6.07, 6.45) is 5.71. The van der Waals surface area contributed by atoms with E-state index in [-0.39, 0.29) is 11.5 Å². The normalized spacial score (nSPS) is 26.3. The van der Waals surface area contributed by atoms with Crippen LogP contribution in [0.25, 0.3) is 11.1 Å². The van der Waals surface area contributed by atoms with Crippen LogP contribution in [0, 0.1) is 35.2 Å². The molecule has 0 bridgehead atoms. The Balaban J connectivity index is 1.55. The number of hydrogen-bond acceptors (Lipinski definition) is 0. The smallest absolute Gasteiger partial charge is 0.206 e. The molecule has 0 spiro atoms. The summed E-state index contributed by atoms with van der Waals surface area (Å²) >= 11 is 0. The van der Waals surface area contributed by atoms with Crippen LogP contribution in [-0.2, 0) is 6.18 Å². The number of alkyl halides is 3. The molecule has 4 rings (SSSR count). The summed E-state index contributed by atoms with van der Waals surface area (Å²) < 4.78 is 82.1. The summed E-state index contributed by atoms with van der Waals surface area (Å²) in [5.74, 6) is -1.44. The minimum absolute atomic E-state index is 0.0527. The lowest BCUT2D eigenvalue weighted by Gasteiger charge is -2.42. The van der Waals surface area contributed by atoms with Gasteiger partial charge in [-0.3, -0.25) is 0 Å². The van der Waals surface area contributed by atoms with Crippen molar-refractivity contribution < 1.29 is 26.3 Å². The van der Waals surface area contributed by atoms with Gasteiger partial charge in [0, 0.05) is 0 Å². The molecule has 6 heteroatoms. The van der Waals surface area contributed by atoms with Gasteiger partial charge in [-0.25, -0.2) is 13.2 Å². The maximum atomic E-state index is 14.9. The number of fused-ring (bicyclic) bond motifs is 1. The van der Waals surface area contributed by atoms with Gasteiger partial charge in [-0.2, -0.15) is 13.2 Å². The second kappa shape index (κ2) is 8.95. The Hall–Kier alpha value is -2.24. The molecule has 4 unspecified atom stereocenters. The molecule has 2 aromatic carbocycles. The van der Waals surface area contributed by atoms with Crippen molar-refractivity contribution in [3.8, 4) is 11.1 Å². The topological polar surface area (TPSA) is 0 Å². The summed E-state index contributed by atoms with van der Waals surface area (Å²) in [4.78, 5) is 0. The quantitative estimate of drug-likeness (QED) is 0.323. The fraction of sp³-hybridized carbons (Fsp3) is 0.462. The SMILES string of the molecule is C/C=C/C1CCC2CC(c3cc(F)c(-c4ccc(C(F)(F)F)c(F)c4)c(F)c3)CCC2C1. The van der Waals surface area contributed by atoms with Gasteiger partial charge in [0.1, 0.15) is 17.5 Å². The molecule has 172 valence electrons. The van der Waals surface area contributed by atoms with Crippen molar-refractivity contribution in [1.29, 1.82) is 0 Å². The van der Waals surface area contributed by atoms with Crippen molar-refractivity contribution >= 4 is 0 Å². The molecule has 4 atom stereocenters. The molecule has 2 aromatic rings. The van der Waals surface area contributed by atoms with Crippen LogP contribution in [0.2, 0.25) is 0 Å². The van der Waals surface area contributed by atoms with E-state index in [0.29, 0.717) is 35.4 Å². The van der Waals surface area contributed by atoms with Gasteiger partial charge in [-0.15, -0.1) is 0 Å². The predicted octanol–water partition coefficient (Wildman–Crippen LogP) is 8.67. The molecule has 2 aliphatic carbocycles. The standard InChI is InChI=1S/C26H26F6/c1-2-3-15-4-5-17-11-18(7-6-16(17)10-15)20-13-23(28)25(24(29)14-20)19-8-9-21(22(27)12-19)26(30,31)32/h2-3,8-9,12-18H,4-7,10-11H2,1H3/b3-2+. The van der Waals surface area contributed by atoms with Gasteiger partial charge in [0.15, 0.2) is 0 Å². The third kappa shape index (κ3) is 4.60. The Labute approximate surface area is 184 Å². The monoisotopic (exact) mass is 452 g/mol. The number of rotatable bonds is 3. The lowest BCUT2D eigenvalue weighted by molar-refractivity contribution is -0.139.